The lowest BCUT2D eigenvalue weighted by Gasteiger charge is -2.41. The number of aliphatic hydroxyl groups excluding tert-OH is 1. The number of ether oxygens (including phenoxy) is 1. The molecular weight excluding hydrogens is 660 g/mol. The Morgan fingerprint density at radius 2 is 1.94 bits per heavy atom. The molecule has 1 saturated carbocycles. The zero-order chi connectivity index (χ0) is 32.9. The molecule has 4 aliphatic rings. The molecule has 3 aromatic rings. The fourth-order valence-corrected chi connectivity index (χ4v) is 7.36. The highest BCUT2D eigenvalue weighted by Gasteiger charge is 2.47. The minimum atomic E-state index is -1.04. The molecule has 3 aliphatic heterocycles. The van der Waals surface area contributed by atoms with Gasteiger partial charge in [-0.2, -0.15) is 23.5 Å². The molecule has 4 heterocycles. The fourth-order valence-electron chi connectivity index (χ4n) is 7.10. The summed E-state index contributed by atoms with van der Waals surface area (Å²) >= 11 is 6.49. The van der Waals surface area contributed by atoms with Gasteiger partial charge in [0, 0.05) is 67.9 Å². The fraction of sp³-hybridized carbons (Fsp3) is 0.471. The summed E-state index contributed by atoms with van der Waals surface area (Å²) in [5.74, 6) is -1.63. The van der Waals surface area contributed by atoms with Gasteiger partial charge in [-0.1, -0.05) is 36.4 Å². The number of piperazine rings is 1. The quantitative estimate of drug-likeness (QED) is 0.261. The maximum Gasteiger partial charge on any atom is 0.318 e. The molecule has 1 amide bonds. The Kier molecular flexibility index (Phi) is 9.73. The van der Waals surface area contributed by atoms with E-state index in [1.165, 1.54) is 11.0 Å². The molecule has 7 rings (SSSR count). The van der Waals surface area contributed by atoms with Crippen LogP contribution in [-0.2, 0) is 17.8 Å². The Balaban J connectivity index is 0.00000401. The number of benzene rings is 2. The van der Waals surface area contributed by atoms with Crippen molar-refractivity contribution in [3.05, 3.63) is 76.3 Å². The van der Waals surface area contributed by atoms with E-state index < -0.39 is 23.6 Å². The van der Waals surface area contributed by atoms with Crippen molar-refractivity contribution in [3.63, 3.8) is 0 Å². The standard InChI is InChI=1S/C34H36ClF2N7O3.H2S/c1-21(36)32(46)44-13-12-43(15-23(44)14-38-2)31-25-8-11-42(28-5-3-4-22-6-7-26(37)30(35)29(22)28)18-27(25)39-33(40-31)47-20-34(9-10-34)19-41-16-24(45)17-41;/h3-7,23-24,45H,1,8-20H2;1H2/t23-;/m0./s1. The smallest absolute Gasteiger partial charge is 0.318 e. The van der Waals surface area contributed by atoms with E-state index in [4.69, 9.17) is 32.9 Å². The Labute approximate surface area is 290 Å². The van der Waals surface area contributed by atoms with Crippen molar-refractivity contribution in [1.29, 1.82) is 0 Å². The number of aromatic nitrogens is 2. The molecule has 0 spiro atoms. The summed E-state index contributed by atoms with van der Waals surface area (Å²) in [7, 11) is 0. The number of halogens is 3. The second-order valence-electron chi connectivity index (χ2n) is 13.1. The van der Waals surface area contributed by atoms with Crippen LogP contribution in [0.15, 0.2) is 42.7 Å². The van der Waals surface area contributed by atoms with Gasteiger partial charge < -0.3 is 29.4 Å². The van der Waals surface area contributed by atoms with Gasteiger partial charge in [0.15, 0.2) is 5.83 Å². The molecule has 254 valence electrons. The zero-order valence-electron chi connectivity index (χ0n) is 26.5. The first-order valence-electron chi connectivity index (χ1n) is 15.9. The van der Waals surface area contributed by atoms with Gasteiger partial charge in [0.1, 0.15) is 17.7 Å². The molecule has 1 N–H and O–H groups in total. The van der Waals surface area contributed by atoms with Crippen LogP contribution < -0.4 is 14.5 Å². The monoisotopic (exact) mass is 697 g/mol. The number of likely N-dealkylation sites (tertiary alicyclic amines) is 1. The van der Waals surface area contributed by atoms with E-state index >= 15 is 0 Å². The van der Waals surface area contributed by atoms with Crippen LogP contribution in [0, 0.1) is 17.8 Å². The highest BCUT2D eigenvalue weighted by Crippen LogP contribution is 2.47. The van der Waals surface area contributed by atoms with Gasteiger partial charge in [-0.25, -0.2) is 15.4 Å². The first kappa shape index (κ1) is 34.2. The Bertz CT molecular complexity index is 1780. The van der Waals surface area contributed by atoms with Gasteiger partial charge in [0.25, 0.3) is 5.91 Å². The zero-order valence-corrected chi connectivity index (χ0v) is 28.2. The summed E-state index contributed by atoms with van der Waals surface area (Å²) in [5.41, 5.74) is 2.52. The van der Waals surface area contributed by atoms with E-state index in [1.807, 2.05) is 23.1 Å². The molecule has 1 atom stereocenters. The maximum absolute atomic E-state index is 14.6. The van der Waals surface area contributed by atoms with Gasteiger partial charge >= 0.3 is 6.01 Å². The summed E-state index contributed by atoms with van der Waals surface area (Å²) in [6, 6.07) is 8.58. The number of carbonyl (C=O) groups is 1. The van der Waals surface area contributed by atoms with Crippen LogP contribution in [-0.4, -0.2) is 102 Å². The molecule has 2 aromatic carbocycles. The average Bonchev–Trinajstić information content (AvgIpc) is 3.83. The number of β-amino-alcohol motifs (C(OH)–C–C–N with tert-alkyl or cyclic N) is 1. The third-order valence-electron chi connectivity index (χ3n) is 9.82. The number of fused-ring (bicyclic) bond motifs is 2. The van der Waals surface area contributed by atoms with E-state index in [0.717, 1.165) is 41.7 Å². The van der Waals surface area contributed by atoms with E-state index in [2.05, 4.69) is 21.2 Å². The van der Waals surface area contributed by atoms with Crippen molar-refractivity contribution >= 4 is 53.3 Å². The van der Waals surface area contributed by atoms with Crippen molar-refractivity contribution in [1.82, 2.24) is 19.8 Å². The molecule has 0 radical (unpaired) electrons. The van der Waals surface area contributed by atoms with E-state index in [1.54, 1.807) is 6.07 Å². The van der Waals surface area contributed by atoms with Crippen LogP contribution in [0.4, 0.5) is 20.3 Å². The van der Waals surface area contributed by atoms with Crippen molar-refractivity contribution in [2.75, 3.05) is 68.8 Å². The molecule has 1 aromatic heterocycles. The first-order chi connectivity index (χ1) is 22.6. The van der Waals surface area contributed by atoms with Crippen molar-refractivity contribution in [2.24, 2.45) is 5.41 Å². The SMILES string of the molecule is S.[C-]#[N+]C[C@H]1CN(c2nc(OCC3(CN4CC(O)C4)CC3)nc3c2CCN(c2cccc4ccc(F)c(Cl)c24)C3)CCN1C(=O)C(=C)F. The van der Waals surface area contributed by atoms with Gasteiger partial charge in [0.05, 0.1) is 30.0 Å². The summed E-state index contributed by atoms with van der Waals surface area (Å²) in [6.45, 7) is 15.2. The molecular formula is C34H38ClF2N7O3S. The highest BCUT2D eigenvalue weighted by molar-refractivity contribution is 7.59. The predicted molar refractivity (Wildman–Crippen MR) is 185 cm³/mol. The van der Waals surface area contributed by atoms with Crippen LogP contribution in [0.5, 0.6) is 6.01 Å². The summed E-state index contributed by atoms with van der Waals surface area (Å²) in [6.07, 6.45) is 2.37. The molecule has 1 aliphatic carbocycles. The lowest BCUT2D eigenvalue weighted by molar-refractivity contribution is -0.131. The second-order valence-corrected chi connectivity index (χ2v) is 13.5. The first-order valence-corrected chi connectivity index (χ1v) is 16.3. The van der Waals surface area contributed by atoms with Crippen LogP contribution in [0.1, 0.15) is 24.1 Å². The van der Waals surface area contributed by atoms with Gasteiger partial charge in [-0.3, -0.25) is 9.69 Å². The maximum atomic E-state index is 14.6. The molecule has 14 heteroatoms. The van der Waals surface area contributed by atoms with E-state index in [-0.39, 0.29) is 49.1 Å². The number of rotatable bonds is 9. The van der Waals surface area contributed by atoms with Gasteiger partial charge in [-0.15, -0.1) is 0 Å². The number of amides is 1. The summed E-state index contributed by atoms with van der Waals surface area (Å²) in [5, 5.41) is 11.3. The Hall–Kier alpha value is -3.70. The van der Waals surface area contributed by atoms with Crippen LogP contribution >= 0.6 is 25.1 Å². The van der Waals surface area contributed by atoms with Crippen LogP contribution in [0.25, 0.3) is 15.6 Å². The molecule has 0 unspecified atom stereocenters. The lowest BCUT2D eigenvalue weighted by Crippen LogP contribution is -2.57. The predicted octanol–water partition coefficient (Wildman–Crippen LogP) is 4.35. The lowest BCUT2D eigenvalue weighted by atomic mass is 10.0. The molecule has 10 nitrogen and oxygen atoms in total. The Morgan fingerprint density at radius 1 is 1.15 bits per heavy atom. The number of carbonyl (C=O) groups excluding carboxylic acids is 1. The largest absolute Gasteiger partial charge is 0.463 e. The van der Waals surface area contributed by atoms with E-state index in [9.17, 15) is 18.7 Å². The third-order valence-corrected chi connectivity index (χ3v) is 10.2. The van der Waals surface area contributed by atoms with Gasteiger partial charge in [-0.05, 0) is 36.8 Å². The highest BCUT2D eigenvalue weighted by atomic mass is 35.5. The van der Waals surface area contributed by atoms with Crippen molar-refractivity contribution < 1.29 is 23.4 Å². The molecule has 3 fully saturated rings. The van der Waals surface area contributed by atoms with E-state index in [0.29, 0.717) is 63.5 Å². The minimum absolute atomic E-state index is 0. The number of hydrogen-bond acceptors (Lipinski definition) is 8. The molecule has 2 saturated heterocycles. The number of nitrogens with zero attached hydrogens (tertiary/aromatic N) is 7. The van der Waals surface area contributed by atoms with Gasteiger partial charge in [0.2, 0.25) is 6.54 Å². The van der Waals surface area contributed by atoms with Crippen molar-refractivity contribution in [3.8, 4) is 6.01 Å². The number of hydrogen-bond donors (Lipinski definition) is 1. The van der Waals surface area contributed by atoms with Crippen LogP contribution in [0.3, 0.4) is 0 Å². The summed E-state index contributed by atoms with van der Waals surface area (Å²) in [4.78, 5) is 33.7. The molecule has 48 heavy (non-hydrogen) atoms. The average molecular weight is 698 g/mol. The number of anilines is 2. The van der Waals surface area contributed by atoms with Crippen LogP contribution in [0.2, 0.25) is 5.02 Å². The minimum Gasteiger partial charge on any atom is -0.463 e. The topological polar surface area (TPSA) is 89.6 Å². The molecule has 0 bridgehead atoms. The number of aliphatic hydroxyl groups is 1. The summed E-state index contributed by atoms with van der Waals surface area (Å²) < 4.78 is 34.8. The Morgan fingerprint density at radius 3 is 2.65 bits per heavy atom. The van der Waals surface area contributed by atoms with Crippen molar-refractivity contribution in [2.45, 2.75) is 38.0 Å². The second kappa shape index (κ2) is 13.7. The normalized spacial score (nSPS) is 20.4. The third kappa shape index (κ3) is 6.63.